The van der Waals surface area contributed by atoms with Gasteiger partial charge in [-0.05, 0) is 18.9 Å². The zero-order chi connectivity index (χ0) is 13.5. The number of carbonyl (C=O) groups is 1. The van der Waals surface area contributed by atoms with Gasteiger partial charge in [0.1, 0.15) is 0 Å². The molecule has 0 radical (unpaired) electrons. The van der Waals surface area contributed by atoms with Crippen molar-refractivity contribution in [1.82, 2.24) is 20.0 Å². The summed E-state index contributed by atoms with van der Waals surface area (Å²) in [5.74, 6) is 0.0782. The Morgan fingerprint density at radius 3 is 2.67 bits per heavy atom. The van der Waals surface area contributed by atoms with Crippen LogP contribution in [0.25, 0.3) is 0 Å². The molecular formula is C13H24N4O. The summed E-state index contributed by atoms with van der Waals surface area (Å²) in [6, 6.07) is 2.48. The third kappa shape index (κ3) is 4.14. The molecule has 18 heavy (non-hydrogen) atoms. The Bertz CT molecular complexity index is 369. The van der Waals surface area contributed by atoms with Crippen LogP contribution in [0.3, 0.4) is 0 Å². The Hall–Kier alpha value is -1.36. The maximum absolute atomic E-state index is 11.4. The van der Waals surface area contributed by atoms with Gasteiger partial charge in [0.25, 0.3) is 0 Å². The molecule has 1 amide bonds. The molecular weight excluding hydrogens is 228 g/mol. The van der Waals surface area contributed by atoms with Crippen LogP contribution < -0.4 is 5.32 Å². The third-order valence-corrected chi connectivity index (χ3v) is 3.06. The second-order valence-corrected chi connectivity index (χ2v) is 4.65. The molecule has 0 spiro atoms. The average molecular weight is 252 g/mol. The Labute approximate surface area is 109 Å². The van der Waals surface area contributed by atoms with Gasteiger partial charge in [-0.2, -0.15) is 5.10 Å². The van der Waals surface area contributed by atoms with Gasteiger partial charge in [0.05, 0.1) is 18.3 Å². The number of hydrogen-bond acceptors (Lipinski definition) is 3. The largest absolute Gasteiger partial charge is 0.348 e. The molecule has 1 aromatic heterocycles. The van der Waals surface area contributed by atoms with Crippen molar-refractivity contribution in [2.24, 2.45) is 0 Å². The van der Waals surface area contributed by atoms with Crippen LogP contribution in [0.4, 0.5) is 0 Å². The first-order valence-corrected chi connectivity index (χ1v) is 6.53. The van der Waals surface area contributed by atoms with Crippen LogP contribution in [0.2, 0.25) is 0 Å². The normalized spacial score (nSPS) is 10.9. The van der Waals surface area contributed by atoms with E-state index in [-0.39, 0.29) is 5.91 Å². The Morgan fingerprint density at radius 2 is 2.11 bits per heavy atom. The Morgan fingerprint density at radius 1 is 1.44 bits per heavy atom. The van der Waals surface area contributed by atoms with Gasteiger partial charge < -0.3 is 10.2 Å². The van der Waals surface area contributed by atoms with Gasteiger partial charge in [-0.3, -0.25) is 9.48 Å². The van der Waals surface area contributed by atoms with Crippen molar-refractivity contribution in [2.75, 3.05) is 20.6 Å². The summed E-state index contributed by atoms with van der Waals surface area (Å²) < 4.78 is 2.02. The molecule has 0 atom stereocenters. The topological polar surface area (TPSA) is 50.2 Å². The van der Waals surface area contributed by atoms with Crippen LogP contribution in [0, 0.1) is 0 Å². The molecule has 102 valence electrons. The van der Waals surface area contributed by atoms with Gasteiger partial charge in [0, 0.05) is 26.8 Å². The van der Waals surface area contributed by atoms with Crippen molar-refractivity contribution in [3.8, 4) is 0 Å². The molecule has 1 rings (SSSR count). The summed E-state index contributed by atoms with van der Waals surface area (Å²) in [7, 11) is 3.51. The summed E-state index contributed by atoms with van der Waals surface area (Å²) in [6.07, 6.45) is 4.19. The lowest BCUT2D eigenvalue weighted by atomic mass is 10.2. The number of nitrogens with one attached hydrogen (secondary N) is 1. The second-order valence-electron chi connectivity index (χ2n) is 4.65. The minimum Gasteiger partial charge on any atom is -0.348 e. The lowest BCUT2D eigenvalue weighted by Crippen LogP contribution is -2.32. The van der Waals surface area contributed by atoms with E-state index in [2.05, 4.69) is 24.3 Å². The molecule has 0 saturated heterocycles. The van der Waals surface area contributed by atoms with E-state index in [4.69, 9.17) is 0 Å². The van der Waals surface area contributed by atoms with Crippen molar-refractivity contribution >= 4 is 5.91 Å². The fraction of sp³-hybridized carbons (Fsp3) is 0.692. The summed E-state index contributed by atoms with van der Waals surface area (Å²) in [5.41, 5.74) is 0.980. The molecule has 1 N–H and O–H groups in total. The maximum atomic E-state index is 11.4. The van der Waals surface area contributed by atoms with E-state index >= 15 is 0 Å². The van der Waals surface area contributed by atoms with Crippen LogP contribution >= 0.6 is 0 Å². The molecule has 0 fully saturated rings. The first kappa shape index (κ1) is 14.7. The minimum absolute atomic E-state index is 0.0782. The monoisotopic (exact) mass is 252 g/mol. The SMILES string of the molecule is CCC(CC)n1ccc(CNCC(=O)N(C)C)n1. The van der Waals surface area contributed by atoms with Crippen molar-refractivity contribution in [2.45, 2.75) is 39.3 Å². The zero-order valence-corrected chi connectivity index (χ0v) is 11.8. The number of aromatic nitrogens is 2. The molecule has 5 nitrogen and oxygen atoms in total. The van der Waals surface area contributed by atoms with Crippen molar-refractivity contribution < 1.29 is 4.79 Å². The lowest BCUT2D eigenvalue weighted by molar-refractivity contribution is -0.127. The van der Waals surface area contributed by atoms with Gasteiger partial charge in [-0.25, -0.2) is 0 Å². The van der Waals surface area contributed by atoms with E-state index in [0.717, 1.165) is 18.5 Å². The lowest BCUT2D eigenvalue weighted by Gasteiger charge is -2.12. The van der Waals surface area contributed by atoms with Gasteiger partial charge in [-0.1, -0.05) is 13.8 Å². The van der Waals surface area contributed by atoms with Gasteiger partial charge in [0.2, 0.25) is 5.91 Å². The molecule has 0 bridgehead atoms. The molecule has 0 aliphatic carbocycles. The summed E-state index contributed by atoms with van der Waals surface area (Å²) in [6.45, 7) is 5.32. The standard InChI is InChI=1S/C13H24N4O/c1-5-12(6-2)17-8-7-11(15-17)9-14-10-13(18)16(3)4/h7-8,12,14H,5-6,9-10H2,1-4H3. The van der Waals surface area contributed by atoms with E-state index < -0.39 is 0 Å². The molecule has 0 aromatic carbocycles. The Kier molecular flexibility index (Phi) is 5.85. The van der Waals surface area contributed by atoms with Crippen molar-refractivity contribution in [3.63, 3.8) is 0 Å². The zero-order valence-electron chi connectivity index (χ0n) is 11.8. The first-order valence-electron chi connectivity index (χ1n) is 6.53. The number of hydrogen-bond donors (Lipinski definition) is 1. The summed E-state index contributed by atoms with van der Waals surface area (Å²) in [5, 5.41) is 7.63. The smallest absolute Gasteiger partial charge is 0.236 e. The summed E-state index contributed by atoms with van der Waals surface area (Å²) in [4.78, 5) is 13.0. The predicted molar refractivity (Wildman–Crippen MR) is 72.2 cm³/mol. The molecule has 0 saturated carbocycles. The minimum atomic E-state index is 0.0782. The number of rotatable bonds is 7. The highest BCUT2D eigenvalue weighted by atomic mass is 16.2. The van der Waals surface area contributed by atoms with Crippen LogP contribution in [0.5, 0.6) is 0 Å². The predicted octanol–water partition coefficient (Wildman–Crippen LogP) is 1.42. The van der Waals surface area contributed by atoms with E-state index in [0.29, 0.717) is 19.1 Å². The highest BCUT2D eigenvalue weighted by Crippen LogP contribution is 2.14. The van der Waals surface area contributed by atoms with Gasteiger partial charge in [-0.15, -0.1) is 0 Å². The average Bonchev–Trinajstić information content (AvgIpc) is 2.79. The van der Waals surface area contributed by atoms with Gasteiger partial charge >= 0.3 is 0 Å². The van der Waals surface area contributed by atoms with E-state index in [1.807, 2.05) is 16.9 Å². The quantitative estimate of drug-likeness (QED) is 0.798. The molecule has 0 aliphatic rings. The fourth-order valence-corrected chi connectivity index (χ4v) is 1.79. The molecule has 0 aliphatic heterocycles. The van der Waals surface area contributed by atoms with Crippen molar-refractivity contribution in [1.29, 1.82) is 0 Å². The maximum Gasteiger partial charge on any atom is 0.236 e. The number of nitrogens with zero attached hydrogens (tertiary/aromatic N) is 3. The Balaban J connectivity index is 2.42. The second kappa shape index (κ2) is 7.16. The molecule has 5 heteroatoms. The van der Waals surface area contributed by atoms with Crippen LogP contribution in [0.1, 0.15) is 38.4 Å². The number of amides is 1. The summed E-state index contributed by atoms with van der Waals surface area (Å²) >= 11 is 0. The van der Waals surface area contributed by atoms with Crippen LogP contribution in [-0.4, -0.2) is 41.2 Å². The van der Waals surface area contributed by atoms with Gasteiger partial charge in [0.15, 0.2) is 0 Å². The molecule has 1 aromatic rings. The van der Waals surface area contributed by atoms with Crippen LogP contribution in [0.15, 0.2) is 12.3 Å². The fourth-order valence-electron chi connectivity index (χ4n) is 1.79. The highest BCUT2D eigenvalue weighted by Gasteiger charge is 2.08. The van der Waals surface area contributed by atoms with Crippen LogP contribution in [-0.2, 0) is 11.3 Å². The van der Waals surface area contributed by atoms with E-state index in [9.17, 15) is 4.79 Å². The van der Waals surface area contributed by atoms with E-state index in [1.165, 1.54) is 0 Å². The van der Waals surface area contributed by atoms with Crippen molar-refractivity contribution in [3.05, 3.63) is 18.0 Å². The third-order valence-electron chi connectivity index (χ3n) is 3.06. The number of likely N-dealkylation sites (N-methyl/N-ethyl adjacent to an activating group) is 1. The molecule has 0 unspecified atom stereocenters. The van der Waals surface area contributed by atoms with E-state index in [1.54, 1.807) is 19.0 Å². The molecule has 1 heterocycles. The number of carbonyl (C=O) groups excluding carboxylic acids is 1. The first-order chi connectivity index (χ1) is 8.58. The highest BCUT2D eigenvalue weighted by molar-refractivity contribution is 5.77.